The highest BCUT2D eigenvalue weighted by molar-refractivity contribution is 5.47. The largest absolute Gasteiger partial charge is 0.497 e. The Morgan fingerprint density at radius 3 is 2.57 bits per heavy atom. The normalized spacial score (nSPS) is 10.2. The summed E-state index contributed by atoms with van der Waals surface area (Å²) in [5.41, 5.74) is 1.24. The first-order valence-corrected chi connectivity index (χ1v) is 7.17. The summed E-state index contributed by atoms with van der Waals surface area (Å²) in [6.45, 7) is 5.61. The van der Waals surface area contributed by atoms with Crippen LogP contribution in [0.4, 0.5) is 11.6 Å². The monoisotopic (exact) mass is 286 g/mol. The molecule has 2 aromatic rings. The number of nitrogens with zero attached hydrogens (tertiary/aromatic N) is 2. The molecule has 0 saturated carbocycles. The van der Waals surface area contributed by atoms with Crippen LogP contribution in [0.2, 0.25) is 0 Å². The van der Waals surface area contributed by atoms with Crippen LogP contribution in [0, 0.1) is 6.92 Å². The van der Waals surface area contributed by atoms with Crippen LogP contribution in [0.15, 0.2) is 30.3 Å². The molecule has 0 atom stereocenters. The van der Waals surface area contributed by atoms with E-state index in [4.69, 9.17) is 4.74 Å². The van der Waals surface area contributed by atoms with Crippen LogP contribution in [0.3, 0.4) is 0 Å². The van der Waals surface area contributed by atoms with E-state index in [1.807, 2.05) is 32.0 Å². The van der Waals surface area contributed by atoms with Gasteiger partial charge in [0.1, 0.15) is 23.2 Å². The standard InChI is InChI=1S/C16H22N4O/c1-4-17-15-11-16(20-12(2)19-15)18-9-8-13-6-5-7-14(10-13)21-3/h5-7,10-11H,4,8-9H2,1-3H3,(H2,17,18,19,20). The number of hydrogen-bond acceptors (Lipinski definition) is 5. The van der Waals surface area contributed by atoms with Crippen molar-refractivity contribution < 1.29 is 4.74 Å². The van der Waals surface area contributed by atoms with E-state index in [0.29, 0.717) is 0 Å². The van der Waals surface area contributed by atoms with Crippen LogP contribution in [-0.4, -0.2) is 30.2 Å². The summed E-state index contributed by atoms with van der Waals surface area (Å²) < 4.78 is 5.23. The zero-order valence-electron chi connectivity index (χ0n) is 12.8. The third-order valence-corrected chi connectivity index (χ3v) is 3.05. The molecular weight excluding hydrogens is 264 g/mol. The fourth-order valence-corrected chi connectivity index (χ4v) is 2.09. The molecular formula is C16H22N4O. The molecule has 0 aliphatic carbocycles. The summed E-state index contributed by atoms with van der Waals surface area (Å²) in [7, 11) is 1.68. The van der Waals surface area contributed by atoms with Crippen LogP contribution in [0.1, 0.15) is 18.3 Å². The van der Waals surface area contributed by atoms with Crippen molar-refractivity contribution >= 4 is 11.6 Å². The fraction of sp³-hybridized carbons (Fsp3) is 0.375. The highest BCUT2D eigenvalue weighted by atomic mass is 16.5. The van der Waals surface area contributed by atoms with Crippen LogP contribution in [-0.2, 0) is 6.42 Å². The highest BCUT2D eigenvalue weighted by Crippen LogP contribution is 2.14. The second kappa shape index (κ2) is 7.47. The molecule has 5 nitrogen and oxygen atoms in total. The van der Waals surface area contributed by atoms with Gasteiger partial charge < -0.3 is 15.4 Å². The van der Waals surface area contributed by atoms with Gasteiger partial charge in [-0.1, -0.05) is 12.1 Å². The number of anilines is 2. The van der Waals surface area contributed by atoms with E-state index in [2.05, 4.69) is 32.7 Å². The Bertz CT molecular complexity index is 586. The molecule has 0 spiro atoms. The Kier molecular flexibility index (Phi) is 5.37. The van der Waals surface area contributed by atoms with E-state index in [9.17, 15) is 0 Å². The summed E-state index contributed by atoms with van der Waals surface area (Å²) in [4.78, 5) is 8.73. The average molecular weight is 286 g/mol. The zero-order chi connectivity index (χ0) is 15.1. The van der Waals surface area contributed by atoms with Gasteiger partial charge in [-0.25, -0.2) is 9.97 Å². The maximum atomic E-state index is 5.23. The third-order valence-electron chi connectivity index (χ3n) is 3.05. The van der Waals surface area contributed by atoms with Crippen LogP contribution >= 0.6 is 0 Å². The van der Waals surface area contributed by atoms with Gasteiger partial charge in [-0.05, 0) is 38.0 Å². The smallest absolute Gasteiger partial charge is 0.131 e. The summed E-state index contributed by atoms with van der Waals surface area (Å²) >= 11 is 0. The third kappa shape index (κ3) is 4.63. The maximum absolute atomic E-state index is 5.23. The molecule has 0 fully saturated rings. The van der Waals surface area contributed by atoms with Crippen LogP contribution in [0.25, 0.3) is 0 Å². The highest BCUT2D eigenvalue weighted by Gasteiger charge is 2.01. The van der Waals surface area contributed by atoms with E-state index < -0.39 is 0 Å². The summed E-state index contributed by atoms with van der Waals surface area (Å²) in [5.74, 6) is 3.35. The maximum Gasteiger partial charge on any atom is 0.131 e. The van der Waals surface area contributed by atoms with Gasteiger partial charge >= 0.3 is 0 Å². The molecule has 112 valence electrons. The lowest BCUT2D eigenvalue weighted by atomic mass is 10.1. The minimum absolute atomic E-state index is 0.761. The molecule has 1 aromatic carbocycles. The Morgan fingerprint density at radius 1 is 1.10 bits per heavy atom. The molecule has 0 saturated heterocycles. The molecule has 0 amide bonds. The lowest BCUT2D eigenvalue weighted by molar-refractivity contribution is 0.414. The van der Waals surface area contributed by atoms with Gasteiger partial charge in [0.15, 0.2) is 0 Å². The Labute approximate surface area is 125 Å². The first-order chi connectivity index (χ1) is 10.2. The van der Waals surface area contributed by atoms with E-state index >= 15 is 0 Å². The molecule has 1 aromatic heterocycles. The Morgan fingerprint density at radius 2 is 1.86 bits per heavy atom. The first kappa shape index (κ1) is 15.1. The molecule has 21 heavy (non-hydrogen) atoms. The van der Waals surface area contributed by atoms with E-state index in [0.717, 1.165) is 42.7 Å². The predicted molar refractivity (Wildman–Crippen MR) is 86.1 cm³/mol. The molecule has 0 radical (unpaired) electrons. The number of hydrogen-bond donors (Lipinski definition) is 2. The van der Waals surface area contributed by atoms with Gasteiger partial charge in [-0.3, -0.25) is 0 Å². The number of rotatable bonds is 7. The number of ether oxygens (including phenoxy) is 1. The summed E-state index contributed by atoms with van der Waals surface area (Å²) in [5, 5.41) is 6.54. The fourth-order valence-electron chi connectivity index (χ4n) is 2.09. The van der Waals surface area contributed by atoms with Gasteiger partial charge in [0.25, 0.3) is 0 Å². The molecule has 5 heteroatoms. The van der Waals surface area contributed by atoms with Crippen molar-refractivity contribution in [2.24, 2.45) is 0 Å². The topological polar surface area (TPSA) is 59.1 Å². The predicted octanol–water partition coefficient (Wildman–Crippen LogP) is 2.88. The van der Waals surface area contributed by atoms with Crippen molar-refractivity contribution in [3.63, 3.8) is 0 Å². The van der Waals surface area contributed by atoms with Crippen molar-refractivity contribution in [1.82, 2.24) is 9.97 Å². The van der Waals surface area contributed by atoms with Gasteiger partial charge in [-0.15, -0.1) is 0 Å². The van der Waals surface area contributed by atoms with E-state index in [-0.39, 0.29) is 0 Å². The van der Waals surface area contributed by atoms with Crippen molar-refractivity contribution in [1.29, 1.82) is 0 Å². The summed E-state index contributed by atoms with van der Waals surface area (Å²) in [6.07, 6.45) is 0.913. The number of methoxy groups -OCH3 is 1. The number of aryl methyl sites for hydroxylation is 1. The number of benzene rings is 1. The second-order valence-electron chi connectivity index (χ2n) is 4.74. The lowest BCUT2D eigenvalue weighted by Gasteiger charge is -2.09. The minimum atomic E-state index is 0.761. The molecule has 0 aliphatic rings. The molecule has 0 bridgehead atoms. The lowest BCUT2D eigenvalue weighted by Crippen LogP contribution is -2.09. The number of nitrogens with one attached hydrogen (secondary N) is 2. The SMILES string of the molecule is CCNc1cc(NCCc2cccc(OC)c2)nc(C)n1. The molecule has 0 unspecified atom stereocenters. The Hall–Kier alpha value is -2.30. The van der Waals surface area contributed by atoms with Crippen molar-refractivity contribution in [2.45, 2.75) is 20.3 Å². The van der Waals surface area contributed by atoms with Crippen molar-refractivity contribution in [2.75, 3.05) is 30.8 Å². The van der Waals surface area contributed by atoms with Gasteiger partial charge in [-0.2, -0.15) is 0 Å². The summed E-state index contributed by atoms with van der Waals surface area (Å²) in [6, 6.07) is 10.0. The van der Waals surface area contributed by atoms with E-state index in [1.165, 1.54) is 5.56 Å². The quantitative estimate of drug-likeness (QED) is 0.819. The van der Waals surface area contributed by atoms with Crippen LogP contribution < -0.4 is 15.4 Å². The van der Waals surface area contributed by atoms with Crippen molar-refractivity contribution in [3.8, 4) is 5.75 Å². The zero-order valence-corrected chi connectivity index (χ0v) is 12.8. The molecule has 2 rings (SSSR count). The van der Waals surface area contributed by atoms with Gasteiger partial charge in [0.2, 0.25) is 0 Å². The Balaban J connectivity index is 1.93. The van der Waals surface area contributed by atoms with E-state index in [1.54, 1.807) is 7.11 Å². The second-order valence-corrected chi connectivity index (χ2v) is 4.74. The first-order valence-electron chi connectivity index (χ1n) is 7.17. The molecule has 1 heterocycles. The average Bonchev–Trinajstić information content (AvgIpc) is 2.47. The van der Waals surface area contributed by atoms with Gasteiger partial charge in [0.05, 0.1) is 7.11 Å². The van der Waals surface area contributed by atoms with Gasteiger partial charge in [0, 0.05) is 19.2 Å². The number of aromatic nitrogens is 2. The molecule has 0 aliphatic heterocycles. The van der Waals surface area contributed by atoms with Crippen LogP contribution in [0.5, 0.6) is 5.75 Å². The molecule has 2 N–H and O–H groups in total. The van der Waals surface area contributed by atoms with Crippen molar-refractivity contribution in [3.05, 3.63) is 41.7 Å². The minimum Gasteiger partial charge on any atom is -0.497 e.